The van der Waals surface area contributed by atoms with Gasteiger partial charge in [0.05, 0.1) is 0 Å². The van der Waals surface area contributed by atoms with Crippen molar-refractivity contribution in [3.63, 3.8) is 0 Å². The minimum absolute atomic E-state index is 0.103. The summed E-state index contributed by atoms with van der Waals surface area (Å²) in [6, 6.07) is 3.48. The number of hydrogen-bond acceptors (Lipinski definition) is 7. The van der Waals surface area contributed by atoms with Crippen LogP contribution in [-0.4, -0.2) is 54.0 Å². The normalized spacial score (nSPS) is 18.3. The maximum absolute atomic E-state index is 12.6. The number of nitrogens with one attached hydrogen (secondary N) is 1. The second-order valence-corrected chi connectivity index (χ2v) is 8.25. The average Bonchev–Trinajstić information content (AvgIpc) is 3.11. The van der Waals surface area contributed by atoms with Gasteiger partial charge in [-0.15, -0.1) is 0 Å². The predicted molar refractivity (Wildman–Crippen MR) is 91.5 cm³/mol. The Morgan fingerprint density at radius 1 is 1.40 bits per heavy atom. The van der Waals surface area contributed by atoms with Crippen LogP contribution in [0.3, 0.4) is 0 Å². The highest BCUT2D eigenvalue weighted by Crippen LogP contribution is 2.29. The average molecular weight is 365 g/mol. The molecule has 1 atom stereocenters. The van der Waals surface area contributed by atoms with Crippen LogP contribution in [0.15, 0.2) is 33.9 Å². The Kier molecular flexibility index (Phi) is 5.45. The van der Waals surface area contributed by atoms with Gasteiger partial charge in [-0.25, -0.2) is 8.42 Å². The molecule has 0 bridgehead atoms. The molecule has 3 rings (SSSR count). The quantitative estimate of drug-likeness (QED) is 0.820. The van der Waals surface area contributed by atoms with Crippen LogP contribution in [0.5, 0.6) is 0 Å². The highest BCUT2D eigenvalue weighted by atomic mass is 32.2. The first-order chi connectivity index (χ1) is 12.0. The third-order valence-electron chi connectivity index (χ3n) is 4.54. The molecule has 0 amide bonds. The topological polar surface area (TPSA) is 101 Å². The zero-order valence-corrected chi connectivity index (χ0v) is 15.2. The van der Waals surface area contributed by atoms with Crippen LogP contribution >= 0.6 is 0 Å². The third kappa shape index (κ3) is 4.05. The van der Waals surface area contributed by atoms with E-state index < -0.39 is 10.0 Å². The highest BCUT2D eigenvalue weighted by molar-refractivity contribution is 7.89. The third-order valence-corrected chi connectivity index (χ3v) is 6.42. The Labute approximate surface area is 147 Å². The van der Waals surface area contributed by atoms with Gasteiger partial charge in [-0.05, 0) is 38.9 Å². The zero-order chi connectivity index (χ0) is 17.9. The van der Waals surface area contributed by atoms with Crippen LogP contribution < -0.4 is 5.32 Å². The molecule has 1 fully saturated rings. The van der Waals surface area contributed by atoms with Crippen LogP contribution in [0.1, 0.15) is 37.4 Å². The van der Waals surface area contributed by atoms with Crippen LogP contribution in [0, 0.1) is 0 Å². The number of pyridine rings is 1. The Balaban J connectivity index is 1.62. The van der Waals surface area contributed by atoms with Crippen LogP contribution in [0.2, 0.25) is 0 Å². The highest BCUT2D eigenvalue weighted by Gasteiger charge is 2.32. The Hall–Kier alpha value is -1.84. The summed E-state index contributed by atoms with van der Waals surface area (Å²) < 4.78 is 32.1. The first kappa shape index (κ1) is 18.0. The van der Waals surface area contributed by atoms with Crippen molar-refractivity contribution >= 4 is 10.0 Å². The number of piperidine rings is 1. The number of rotatable bonds is 6. The van der Waals surface area contributed by atoms with Crippen LogP contribution in [-0.2, 0) is 16.4 Å². The SMILES string of the molecule is CNC(C)Cc1noc(C2CCN(S(=O)(=O)c3cccnc3)CC2)n1. The van der Waals surface area contributed by atoms with Gasteiger partial charge in [0, 0.05) is 43.9 Å². The minimum atomic E-state index is -3.49. The molecular formula is C16H23N5O3S. The van der Waals surface area contributed by atoms with Crippen molar-refractivity contribution in [3.05, 3.63) is 36.2 Å². The second-order valence-electron chi connectivity index (χ2n) is 6.31. The maximum Gasteiger partial charge on any atom is 0.244 e. The van der Waals surface area contributed by atoms with E-state index >= 15 is 0 Å². The van der Waals surface area contributed by atoms with E-state index in [1.807, 2.05) is 7.05 Å². The largest absolute Gasteiger partial charge is 0.339 e. The van der Waals surface area contributed by atoms with Gasteiger partial charge in [-0.1, -0.05) is 5.16 Å². The Bertz CT molecular complexity index is 785. The monoisotopic (exact) mass is 365 g/mol. The molecule has 1 aliphatic heterocycles. The Morgan fingerprint density at radius 3 is 2.80 bits per heavy atom. The van der Waals surface area contributed by atoms with Crippen molar-refractivity contribution in [2.75, 3.05) is 20.1 Å². The summed E-state index contributed by atoms with van der Waals surface area (Å²) >= 11 is 0. The van der Waals surface area contributed by atoms with Gasteiger partial charge in [-0.2, -0.15) is 9.29 Å². The lowest BCUT2D eigenvalue weighted by Gasteiger charge is -2.29. The molecule has 3 heterocycles. The predicted octanol–water partition coefficient (Wildman–Crippen LogP) is 1.18. The molecule has 0 aliphatic carbocycles. The molecule has 1 unspecified atom stereocenters. The zero-order valence-electron chi connectivity index (χ0n) is 14.4. The number of hydrogen-bond donors (Lipinski definition) is 1. The van der Waals surface area contributed by atoms with Gasteiger partial charge in [-0.3, -0.25) is 4.98 Å². The van der Waals surface area contributed by atoms with Crippen molar-refractivity contribution in [1.29, 1.82) is 0 Å². The summed E-state index contributed by atoms with van der Waals surface area (Å²) in [7, 11) is -1.59. The van der Waals surface area contributed by atoms with Gasteiger partial charge in [0.15, 0.2) is 5.82 Å². The molecule has 8 nitrogen and oxygen atoms in total. The molecule has 0 spiro atoms. The molecule has 0 saturated carbocycles. The molecule has 2 aromatic heterocycles. The summed E-state index contributed by atoms with van der Waals surface area (Å²) in [6.07, 6.45) is 4.99. The molecule has 136 valence electrons. The fourth-order valence-electron chi connectivity index (χ4n) is 2.88. The molecule has 0 aromatic carbocycles. The van der Waals surface area contributed by atoms with Crippen molar-refractivity contribution in [2.24, 2.45) is 0 Å². The first-order valence-corrected chi connectivity index (χ1v) is 9.84. The van der Waals surface area contributed by atoms with E-state index in [4.69, 9.17) is 4.52 Å². The lowest BCUT2D eigenvalue weighted by molar-refractivity contribution is 0.270. The second kappa shape index (κ2) is 7.59. The molecule has 0 radical (unpaired) electrons. The molecule has 1 aliphatic rings. The van der Waals surface area contributed by atoms with Crippen LogP contribution in [0.4, 0.5) is 0 Å². The summed E-state index contributed by atoms with van der Waals surface area (Å²) in [4.78, 5) is 8.60. The summed E-state index contributed by atoms with van der Waals surface area (Å²) in [5.41, 5.74) is 0. The molecule has 25 heavy (non-hydrogen) atoms. The van der Waals surface area contributed by atoms with Crippen molar-refractivity contribution < 1.29 is 12.9 Å². The number of aromatic nitrogens is 3. The molecular weight excluding hydrogens is 342 g/mol. The number of likely N-dealkylation sites (N-methyl/N-ethyl adjacent to an activating group) is 1. The van der Waals surface area contributed by atoms with E-state index in [9.17, 15) is 8.42 Å². The summed E-state index contributed by atoms with van der Waals surface area (Å²) in [5.74, 6) is 1.39. The van der Waals surface area contributed by atoms with E-state index in [0.29, 0.717) is 44.1 Å². The van der Waals surface area contributed by atoms with Gasteiger partial charge >= 0.3 is 0 Å². The van der Waals surface area contributed by atoms with E-state index in [0.717, 1.165) is 0 Å². The summed E-state index contributed by atoms with van der Waals surface area (Å²) in [5, 5.41) is 7.17. The molecule has 1 N–H and O–H groups in total. The smallest absolute Gasteiger partial charge is 0.244 e. The lowest BCUT2D eigenvalue weighted by atomic mass is 9.98. The molecule has 1 saturated heterocycles. The van der Waals surface area contributed by atoms with Gasteiger partial charge < -0.3 is 9.84 Å². The summed E-state index contributed by atoms with van der Waals surface area (Å²) in [6.45, 7) is 2.93. The minimum Gasteiger partial charge on any atom is -0.339 e. The van der Waals surface area contributed by atoms with Crippen molar-refractivity contribution in [2.45, 2.75) is 43.0 Å². The molecule has 2 aromatic rings. The first-order valence-electron chi connectivity index (χ1n) is 8.40. The fourth-order valence-corrected chi connectivity index (χ4v) is 4.32. The van der Waals surface area contributed by atoms with E-state index in [1.165, 1.54) is 10.5 Å². The number of sulfonamides is 1. The standard InChI is InChI=1S/C16H23N5O3S/c1-12(17-2)10-15-19-16(24-20-15)13-5-8-21(9-6-13)25(22,23)14-4-3-7-18-11-14/h3-4,7,11-13,17H,5-6,8-10H2,1-2H3. The lowest BCUT2D eigenvalue weighted by Crippen LogP contribution is -2.38. The van der Waals surface area contributed by atoms with Crippen molar-refractivity contribution in [1.82, 2.24) is 24.7 Å². The number of nitrogens with zero attached hydrogens (tertiary/aromatic N) is 4. The van der Waals surface area contributed by atoms with Crippen molar-refractivity contribution in [3.8, 4) is 0 Å². The van der Waals surface area contributed by atoms with Gasteiger partial charge in [0.2, 0.25) is 15.9 Å². The maximum atomic E-state index is 12.6. The van der Waals surface area contributed by atoms with Gasteiger partial charge in [0.25, 0.3) is 0 Å². The van der Waals surface area contributed by atoms with Gasteiger partial charge in [0.1, 0.15) is 4.90 Å². The Morgan fingerprint density at radius 2 is 2.16 bits per heavy atom. The van der Waals surface area contributed by atoms with E-state index in [-0.39, 0.29) is 16.9 Å². The fraction of sp³-hybridized carbons (Fsp3) is 0.562. The van der Waals surface area contributed by atoms with E-state index in [1.54, 1.807) is 18.3 Å². The van der Waals surface area contributed by atoms with Crippen LogP contribution in [0.25, 0.3) is 0 Å². The van der Waals surface area contributed by atoms with E-state index in [2.05, 4.69) is 27.4 Å². The molecule has 9 heteroatoms.